The summed E-state index contributed by atoms with van der Waals surface area (Å²) >= 11 is 0. The maximum atomic E-state index is 12.6. The quantitative estimate of drug-likeness (QED) is 0.706. The van der Waals surface area contributed by atoms with Crippen molar-refractivity contribution in [3.8, 4) is 5.69 Å². The van der Waals surface area contributed by atoms with Crippen LogP contribution in [0.5, 0.6) is 0 Å². The molecule has 2 aromatic heterocycles. The Bertz CT molecular complexity index is 931. The Morgan fingerprint density at radius 1 is 1.18 bits per heavy atom. The van der Waals surface area contributed by atoms with Gasteiger partial charge in [0.2, 0.25) is 0 Å². The van der Waals surface area contributed by atoms with Gasteiger partial charge in [-0.1, -0.05) is 32.0 Å². The molecule has 0 atom stereocenters. The van der Waals surface area contributed by atoms with Crippen molar-refractivity contribution in [2.24, 2.45) is 0 Å². The van der Waals surface area contributed by atoms with E-state index in [4.69, 9.17) is 0 Å². The number of hydrogen-bond donors (Lipinski definition) is 1. The van der Waals surface area contributed by atoms with Gasteiger partial charge < -0.3 is 5.32 Å². The van der Waals surface area contributed by atoms with Gasteiger partial charge in [0.15, 0.2) is 0 Å². The largest absolute Gasteiger partial charge is 0.350 e. The molecular weight excluding hydrogens is 350 g/mol. The SMILES string of the molecule is CC(C)c1cc(C(=O)NCCc2cnn(-c3ccccc3)c2)nn1C(C)(C)C. The van der Waals surface area contributed by atoms with Crippen molar-refractivity contribution < 1.29 is 4.79 Å². The molecule has 6 nitrogen and oxygen atoms in total. The molecular formula is C22H29N5O. The molecule has 0 aliphatic carbocycles. The standard InChI is InChI=1S/C22H29N5O/c1-16(2)20-13-19(25-27(20)22(3,4)5)21(28)23-12-11-17-14-24-26(15-17)18-9-7-6-8-10-18/h6-10,13-16H,11-12H2,1-5H3,(H,23,28). The van der Waals surface area contributed by atoms with E-state index < -0.39 is 0 Å². The van der Waals surface area contributed by atoms with Gasteiger partial charge in [0, 0.05) is 18.4 Å². The first-order chi connectivity index (χ1) is 13.3. The number of amides is 1. The summed E-state index contributed by atoms with van der Waals surface area (Å²) in [6.45, 7) is 11.1. The number of carbonyl (C=O) groups is 1. The smallest absolute Gasteiger partial charge is 0.271 e. The van der Waals surface area contributed by atoms with Crippen molar-refractivity contribution in [3.63, 3.8) is 0 Å². The van der Waals surface area contributed by atoms with E-state index in [1.165, 1.54) is 0 Å². The zero-order valence-electron chi connectivity index (χ0n) is 17.3. The molecule has 1 aromatic carbocycles. The minimum absolute atomic E-state index is 0.139. The van der Waals surface area contributed by atoms with Crippen molar-refractivity contribution in [3.05, 3.63) is 65.7 Å². The molecule has 1 N–H and O–H groups in total. The van der Waals surface area contributed by atoms with Crippen LogP contribution in [0.2, 0.25) is 0 Å². The molecule has 148 valence electrons. The van der Waals surface area contributed by atoms with Crippen LogP contribution in [0.15, 0.2) is 48.8 Å². The zero-order chi connectivity index (χ0) is 20.3. The Morgan fingerprint density at radius 3 is 2.50 bits per heavy atom. The number of rotatable bonds is 6. The number of benzene rings is 1. The Balaban J connectivity index is 1.61. The van der Waals surface area contributed by atoms with E-state index in [2.05, 4.69) is 50.1 Å². The van der Waals surface area contributed by atoms with Crippen LogP contribution in [-0.4, -0.2) is 32.0 Å². The number of carbonyl (C=O) groups excluding carboxylic acids is 1. The monoisotopic (exact) mass is 379 g/mol. The molecule has 3 rings (SSSR count). The zero-order valence-corrected chi connectivity index (χ0v) is 17.3. The second kappa shape index (κ2) is 8.00. The van der Waals surface area contributed by atoms with Crippen LogP contribution in [0.1, 0.15) is 62.3 Å². The van der Waals surface area contributed by atoms with E-state index in [9.17, 15) is 4.79 Å². The van der Waals surface area contributed by atoms with Crippen LogP contribution >= 0.6 is 0 Å². The Hall–Kier alpha value is -2.89. The molecule has 3 aromatic rings. The maximum absolute atomic E-state index is 12.6. The van der Waals surface area contributed by atoms with Crippen LogP contribution in [0.4, 0.5) is 0 Å². The summed E-state index contributed by atoms with van der Waals surface area (Å²) in [6, 6.07) is 11.9. The summed E-state index contributed by atoms with van der Waals surface area (Å²) in [6.07, 6.45) is 4.55. The minimum Gasteiger partial charge on any atom is -0.350 e. The first kappa shape index (κ1) is 19.9. The first-order valence-corrected chi connectivity index (χ1v) is 9.73. The number of aromatic nitrogens is 4. The second-order valence-electron chi connectivity index (χ2n) is 8.33. The van der Waals surface area contributed by atoms with Crippen LogP contribution in [-0.2, 0) is 12.0 Å². The van der Waals surface area contributed by atoms with Gasteiger partial charge in [-0.3, -0.25) is 9.48 Å². The van der Waals surface area contributed by atoms with E-state index in [-0.39, 0.29) is 11.4 Å². The number of nitrogens with one attached hydrogen (secondary N) is 1. The third kappa shape index (κ3) is 4.50. The summed E-state index contributed by atoms with van der Waals surface area (Å²) in [7, 11) is 0. The van der Waals surface area contributed by atoms with Gasteiger partial charge in [-0.05, 0) is 56.9 Å². The van der Waals surface area contributed by atoms with E-state index in [1.54, 1.807) is 0 Å². The summed E-state index contributed by atoms with van der Waals surface area (Å²) in [5.41, 5.74) is 3.48. The third-order valence-electron chi connectivity index (χ3n) is 4.55. The number of nitrogens with zero attached hydrogens (tertiary/aromatic N) is 4. The molecule has 2 heterocycles. The fourth-order valence-corrected chi connectivity index (χ4v) is 3.08. The first-order valence-electron chi connectivity index (χ1n) is 9.73. The number of para-hydroxylation sites is 1. The van der Waals surface area contributed by atoms with Crippen molar-refractivity contribution in [2.75, 3.05) is 6.54 Å². The summed E-state index contributed by atoms with van der Waals surface area (Å²) < 4.78 is 3.80. The molecule has 28 heavy (non-hydrogen) atoms. The van der Waals surface area contributed by atoms with Crippen molar-refractivity contribution in [1.29, 1.82) is 0 Å². The summed E-state index contributed by atoms with van der Waals surface area (Å²) in [5, 5.41) is 11.9. The van der Waals surface area contributed by atoms with Gasteiger partial charge in [-0.25, -0.2) is 4.68 Å². The van der Waals surface area contributed by atoms with E-state index in [0.717, 1.165) is 23.4 Å². The molecule has 1 amide bonds. The highest BCUT2D eigenvalue weighted by Gasteiger charge is 2.23. The average molecular weight is 380 g/mol. The number of hydrogen-bond acceptors (Lipinski definition) is 3. The van der Waals surface area contributed by atoms with E-state index in [0.29, 0.717) is 18.2 Å². The molecule has 0 aliphatic heterocycles. The van der Waals surface area contributed by atoms with Crippen LogP contribution < -0.4 is 5.32 Å². The molecule has 0 radical (unpaired) electrons. The van der Waals surface area contributed by atoms with Crippen LogP contribution in [0.3, 0.4) is 0 Å². The fraction of sp³-hybridized carbons (Fsp3) is 0.409. The van der Waals surface area contributed by atoms with Gasteiger partial charge >= 0.3 is 0 Å². The topological polar surface area (TPSA) is 64.7 Å². The van der Waals surface area contributed by atoms with Gasteiger partial charge in [-0.2, -0.15) is 10.2 Å². The van der Waals surface area contributed by atoms with Crippen LogP contribution in [0, 0.1) is 0 Å². The van der Waals surface area contributed by atoms with Gasteiger partial charge in [-0.15, -0.1) is 0 Å². The lowest BCUT2D eigenvalue weighted by Gasteiger charge is -2.23. The maximum Gasteiger partial charge on any atom is 0.271 e. The van der Waals surface area contributed by atoms with Crippen molar-refractivity contribution in [2.45, 2.75) is 52.5 Å². The molecule has 0 saturated heterocycles. The fourth-order valence-electron chi connectivity index (χ4n) is 3.08. The third-order valence-corrected chi connectivity index (χ3v) is 4.55. The molecule has 6 heteroatoms. The molecule has 0 spiro atoms. The Kier molecular flexibility index (Phi) is 5.68. The predicted octanol–water partition coefficient (Wildman–Crippen LogP) is 3.92. The van der Waals surface area contributed by atoms with Crippen molar-refractivity contribution >= 4 is 5.91 Å². The predicted molar refractivity (Wildman–Crippen MR) is 111 cm³/mol. The molecule has 0 bridgehead atoms. The Labute approximate surface area is 166 Å². The second-order valence-corrected chi connectivity index (χ2v) is 8.33. The Morgan fingerprint density at radius 2 is 1.89 bits per heavy atom. The van der Waals surface area contributed by atoms with Gasteiger partial charge in [0.25, 0.3) is 5.91 Å². The highest BCUT2D eigenvalue weighted by atomic mass is 16.1. The molecule has 0 unspecified atom stereocenters. The van der Waals surface area contributed by atoms with Gasteiger partial charge in [0.05, 0.1) is 17.4 Å². The van der Waals surface area contributed by atoms with Crippen molar-refractivity contribution in [1.82, 2.24) is 24.9 Å². The van der Waals surface area contributed by atoms with E-state index >= 15 is 0 Å². The lowest BCUT2D eigenvalue weighted by Crippen LogP contribution is -2.28. The highest BCUT2D eigenvalue weighted by Crippen LogP contribution is 2.23. The highest BCUT2D eigenvalue weighted by molar-refractivity contribution is 5.92. The lowest BCUT2D eigenvalue weighted by atomic mass is 10.1. The molecule has 0 aliphatic rings. The molecule has 0 saturated carbocycles. The average Bonchev–Trinajstić information content (AvgIpc) is 3.29. The minimum atomic E-state index is -0.163. The van der Waals surface area contributed by atoms with Gasteiger partial charge in [0.1, 0.15) is 5.69 Å². The van der Waals surface area contributed by atoms with Crippen LogP contribution in [0.25, 0.3) is 5.69 Å². The lowest BCUT2D eigenvalue weighted by molar-refractivity contribution is 0.0947. The van der Waals surface area contributed by atoms with E-state index in [1.807, 2.05) is 58.2 Å². The summed E-state index contributed by atoms with van der Waals surface area (Å²) in [4.78, 5) is 12.6. The summed E-state index contributed by atoms with van der Waals surface area (Å²) in [5.74, 6) is 0.164. The molecule has 0 fully saturated rings. The normalized spacial score (nSPS) is 11.8.